The second-order valence-corrected chi connectivity index (χ2v) is 16.6. The first-order valence-electron chi connectivity index (χ1n) is 21.8. The molecular formula is C59H41N5. The lowest BCUT2D eigenvalue weighted by atomic mass is 10.0. The summed E-state index contributed by atoms with van der Waals surface area (Å²) in [5, 5.41) is 4.94. The molecule has 0 bridgehead atoms. The van der Waals surface area contributed by atoms with Gasteiger partial charge in [-0.1, -0.05) is 164 Å². The summed E-state index contributed by atoms with van der Waals surface area (Å²) in [5.41, 5.74) is 16.9. The Hall–Kier alpha value is -8.41. The third kappa shape index (κ3) is 6.28. The van der Waals surface area contributed by atoms with E-state index in [0.29, 0.717) is 17.5 Å². The molecule has 0 saturated carbocycles. The number of para-hydroxylation sites is 2. The Morgan fingerprint density at radius 2 is 0.656 bits per heavy atom. The Labute approximate surface area is 371 Å². The Kier molecular flexibility index (Phi) is 8.87. The van der Waals surface area contributed by atoms with Gasteiger partial charge in [0, 0.05) is 43.9 Å². The van der Waals surface area contributed by atoms with Crippen LogP contribution in [0, 0.1) is 13.8 Å². The van der Waals surface area contributed by atoms with Crippen LogP contribution in [0.25, 0.3) is 111 Å². The van der Waals surface area contributed by atoms with Gasteiger partial charge in [-0.2, -0.15) is 0 Å². The normalized spacial score (nSPS) is 11.6. The first kappa shape index (κ1) is 37.4. The molecule has 3 aromatic heterocycles. The Morgan fingerprint density at radius 1 is 0.281 bits per heavy atom. The summed E-state index contributed by atoms with van der Waals surface area (Å²) in [5.74, 6) is 1.95. The number of fused-ring (bicyclic) bond motifs is 6. The van der Waals surface area contributed by atoms with E-state index in [1.165, 1.54) is 49.2 Å². The van der Waals surface area contributed by atoms with Crippen molar-refractivity contribution in [1.82, 2.24) is 24.1 Å². The van der Waals surface area contributed by atoms with Crippen LogP contribution >= 0.6 is 0 Å². The quantitative estimate of drug-likeness (QED) is 0.161. The summed E-state index contributed by atoms with van der Waals surface area (Å²) >= 11 is 0. The first-order chi connectivity index (χ1) is 31.6. The molecule has 0 unspecified atom stereocenters. The third-order valence-corrected chi connectivity index (χ3v) is 12.6. The molecule has 5 heteroatoms. The van der Waals surface area contributed by atoms with Gasteiger partial charge >= 0.3 is 0 Å². The van der Waals surface area contributed by atoms with Gasteiger partial charge < -0.3 is 9.13 Å². The average Bonchev–Trinajstić information content (AvgIpc) is 3.86. The van der Waals surface area contributed by atoms with Crippen molar-refractivity contribution in [1.29, 1.82) is 0 Å². The molecule has 5 nitrogen and oxygen atoms in total. The SMILES string of the molecule is Cc1cc(-c2nc(-c3ccccc3)nc(-c3ccccc3)n2)cc(C)c1-n1c2ccccc2c2ccc(-c3ccc(-n4c5ccccc5c5ccc(-c6ccccc6)cc54)cc3)cc21. The molecule has 0 radical (unpaired) electrons. The standard InChI is InChI=1S/C59H41N5/c1-38-34-46(59-61-57(42-18-8-4-9-19-42)60-58(62-59)43-20-10-5-11-21-43)35-39(2)56(38)64-53-25-15-13-23-49(53)51-33-29-45(37-55(51)64)41-26-30-47(31-27-41)63-52-24-14-12-22-48(52)50-32-28-44(36-54(50)63)40-16-6-3-7-17-40/h3-37H,1-2H3. The summed E-state index contributed by atoms with van der Waals surface area (Å²) in [6.45, 7) is 4.40. The maximum Gasteiger partial charge on any atom is 0.164 e. The molecule has 0 aliphatic carbocycles. The zero-order chi connectivity index (χ0) is 42.7. The van der Waals surface area contributed by atoms with Gasteiger partial charge in [-0.25, -0.2) is 15.0 Å². The second-order valence-electron chi connectivity index (χ2n) is 16.6. The molecule has 0 amide bonds. The van der Waals surface area contributed by atoms with Gasteiger partial charge in [0.2, 0.25) is 0 Å². The fraction of sp³-hybridized carbons (Fsp3) is 0.0339. The van der Waals surface area contributed by atoms with Crippen LogP contribution in [0.15, 0.2) is 212 Å². The Bertz CT molecular complexity index is 3640. The van der Waals surface area contributed by atoms with Crippen molar-refractivity contribution >= 4 is 43.6 Å². The van der Waals surface area contributed by atoms with E-state index in [1.54, 1.807) is 0 Å². The van der Waals surface area contributed by atoms with Gasteiger partial charge in [0.1, 0.15) is 0 Å². The van der Waals surface area contributed by atoms with E-state index >= 15 is 0 Å². The minimum atomic E-state index is 0.649. The zero-order valence-electron chi connectivity index (χ0n) is 35.4. The monoisotopic (exact) mass is 819 g/mol. The molecule has 0 atom stereocenters. The first-order valence-corrected chi connectivity index (χ1v) is 21.8. The van der Waals surface area contributed by atoms with Gasteiger partial charge in [-0.15, -0.1) is 0 Å². The number of hydrogen-bond acceptors (Lipinski definition) is 3. The summed E-state index contributed by atoms with van der Waals surface area (Å²) in [4.78, 5) is 15.0. The molecule has 0 aliphatic rings. The lowest BCUT2D eigenvalue weighted by Crippen LogP contribution is -2.03. The van der Waals surface area contributed by atoms with Crippen molar-refractivity contribution in [3.05, 3.63) is 223 Å². The summed E-state index contributed by atoms with van der Waals surface area (Å²) < 4.78 is 4.84. The number of rotatable bonds is 7. The fourth-order valence-corrected chi connectivity index (χ4v) is 9.63. The van der Waals surface area contributed by atoms with Crippen LogP contribution in [-0.4, -0.2) is 24.1 Å². The van der Waals surface area contributed by atoms with Crippen molar-refractivity contribution in [2.75, 3.05) is 0 Å². The summed E-state index contributed by atoms with van der Waals surface area (Å²) in [6, 6.07) is 75.6. The highest BCUT2D eigenvalue weighted by Gasteiger charge is 2.20. The van der Waals surface area contributed by atoms with E-state index in [1.807, 2.05) is 60.7 Å². The van der Waals surface area contributed by atoms with Crippen molar-refractivity contribution in [2.24, 2.45) is 0 Å². The molecule has 3 heterocycles. The smallest absolute Gasteiger partial charge is 0.164 e. The highest BCUT2D eigenvalue weighted by molar-refractivity contribution is 6.11. The molecule has 0 aliphatic heterocycles. The lowest BCUT2D eigenvalue weighted by Gasteiger charge is -2.17. The largest absolute Gasteiger partial charge is 0.309 e. The van der Waals surface area contributed by atoms with Crippen LogP contribution in [0.5, 0.6) is 0 Å². The molecule has 0 saturated heterocycles. The van der Waals surface area contributed by atoms with E-state index in [9.17, 15) is 0 Å². The predicted octanol–water partition coefficient (Wildman–Crippen LogP) is 15.0. The van der Waals surface area contributed by atoms with E-state index in [4.69, 9.17) is 15.0 Å². The minimum Gasteiger partial charge on any atom is -0.309 e. The molecule has 64 heavy (non-hydrogen) atoms. The minimum absolute atomic E-state index is 0.649. The van der Waals surface area contributed by atoms with Gasteiger partial charge in [0.15, 0.2) is 17.5 Å². The highest BCUT2D eigenvalue weighted by Crippen LogP contribution is 2.39. The number of benzene rings is 9. The average molecular weight is 820 g/mol. The van der Waals surface area contributed by atoms with Crippen LogP contribution in [0.4, 0.5) is 0 Å². The fourth-order valence-electron chi connectivity index (χ4n) is 9.63. The van der Waals surface area contributed by atoms with Crippen molar-refractivity contribution in [3.63, 3.8) is 0 Å². The summed E-state index contributed by atoms with van der Waals surface area (Å²) in [7, 11) is 0. The number of hydrogen-bond donors (Lipinski definition) is 0. The molecular weight excluding hydrogens is 779 g/mol. The number of aromatic nitrogens is 5. The molecule has 12 aromatic rings. The third-order valence-electron chi connectivity index (χ3n) is 12.6. The van der Waals surface area contributed by atoms with Crippen molar-refractivity contribution < 1.29 is 0 Å². The topological polar surface area (TPSA) is 48.5 Å². The predicted molar refractivity (Wildman–Crippen MR) is 265 cm³/mol. The Balaban J connectivity index is 0.964. The molecule has 0 spiro atoms. The van der Waals surface area contributed by atoms with Crippen molar-refractivity contribution in [3.8, 4) is 67.8 Å². The Morgan fingerprint density at radius 3 is 1.17 bits per heavy atom. The molecule has 0 fully saturated rings. The highest BCUT2D eigenvalue weighted by atomic mass is 15.0. The zero-order valence-corrected chi connectivity index (χ0v) is 35.4. The molecule has 0 N–H and O–H groups in total. The van der Waals surface area contributed by atoms with Crippen LogP contribution in [0.1, 0.15) is 11.1 Å². The van der Waals surface area contributed by atoms with Crippen LogP contribution in [0.2, 0.25) is 0 Å². The van der Waals surface area contributed by atoms with E-state index in [-0.39, 0.29) is 0 Å². The summed E-state index contributed by atoms with van der Waals surface area (Å²) in [6.07, 6.45) is 0. The van der Waals surface area contributed by atoms with Gasteiger partial charge in [-0.05, 0) is 95.8 Å². The van der Waals surface area contributed by atoms with E-state index in [2.05, 4.69) is 175 Å². The number of aryl methyl sites for hydroxylation is 2. The van der Waals surface area contributed by atoms with Gasteiger partial charge in [-0.3, -0.25) is 0 Å². The molecule has 12 rings (SSSR count). The second kappa shape index (κ2) is 15.2. The molecule has 302 valence electrons. The molecule has 9 aromatic carbocycles. The maximum absolute atomic E-state index is 5.06. The lowest BCUT2D eigenvalue weighted by molar-refractivity contribution is 1.07. The van der Waals surface area contributed by atoms with E-state index < -0.39 is 0 Å². The number of nitrogens with zero attached hydrogens (tertiary/aromatic N) is 5. The van der Waals surface area contributed by atoms with Crippen LogP contribution in [-0.2, 0) is 0 Å². The van der Waals surface area contributed by atoms with Crippen LogP contribution < -0.4 is 0 Å². The van der Waals surface area contributed by atoms with Gasteiger partial charge in [0.25, 0.3) is 0 Å². The van der Waals surface area contributed by atoms with Crippen LogP contribution in [0.3, 0.4) is 0 Å². The van der Waals surface area contributed by atoms with Gasteiger partial charge in [0.05, 0.1) is 27.8 Å². The van der Waals surface area contributed by atoms with Crippen molar-refractivity contribution in [2.45, 2.75) is 13.8 Å². The van der Waals surface area contributed by atoms with E-state index in [0.717, 1.165) is 55.8 Å². The maximum atomic E-state index is 5.06.